The molecule has 4 rings (SSSR count). The minimum atomic E-state index is -0.516. The fraction of sp³-hybridized carbons (Fsp3) is 0.333. The van der Waals surface area contributed by atoms with E-state index in [1.54, 1.807) is 12.4 Å². The predicted molar refractivity (Wildman–Crippen MR) is 109 cm³/mol. The molecule has 0 atom stereocenters. The standard InChI is InChI=1S/C21H23N5O3/c1-13(2)26-17-8-5-4-7-16(17)22-18(26)9-6-10-25-11-14-19(23-24-20(14)27)15(12-25)21(28)29-3/h4-5,7-8,11-13H,6,9-10H2,1-3H3,(H,24,27). The number of pyridine rings is 1. The monoisotopic (exact) mass is 393 g/mol. The van der Waals surface area contributed by atoms with Crippen LogP contribution in [-0.2, 0) is 17.7 Å². The molecule has 8 heteroatoms. The first kappa shape index (κ1) is 18.9. The van der Waals surface area contributed by atoms with Gasteiger partial charge in [-0.25, -0.2) is 14.9 Å². The van der Waals surface area contributed by atoms with Crippen LogP contribution < -0.4 is 5.56 Å². The zero-order valence-corrected chi connectivity index (χ0v) is 16.7. The Morgan fingerprint density at radius 1 is 1.24 bits per heavy atom. The molecule has 0 bridgehead atoms. The molecule has 0 unspecified atom stereocenters. The van der Waals surface area contributed by atoms with Crippen molar-refractivity contribution in [2.75, 3.05) is 7.11 Å². The van der Waals surface area contributed by atoms with E-state index in [9.17, 15) is 9.59 Å². The van der Waals surface area contributed by atoms with E-state index in [-0.39, 0.29) is 11.1 Å². The largest absolute Gasteiger partial charge is 0.465 e. The number of carbonyl (C=O) groups excluding carboxylic acids is 1. The maximum absolute atomic E-state index is 12.1. The van der Waals surface area contributed by atoms with Crippen LogP contribution in [0.3, 0.4) is 0 Å². The average molecular weight is 393 g/mol. The summed E-state index contributed by atoms with van der Waals surface area (Å²) in [6, 6.07) is 8.44. The summed E-state index contributed by atoms with van der Waals surface area (Å²) in [5, 5.41) is 6.35. The van der Waals surface area contributed by atoms with Crippen LogP contribution in [0.2, 0.25) is 0 Å². The zero-order chi connectivity index (χ0) is 20.5. The maximum Gasteiger partial charge on any atom is 0.341 e. The lowest BCUT2D eigenvalue weighted by molar-refractivity contribution is 0.0600. The topological polar surface area (TPSA) is 94.8 Å². The van der Waals surface area contributed by atoms with Gasteiger partial charge in [0, 0.05) is 31.4 Å². The van der Waals surface area contributed by atoms with Gasteiger partial charge in [0.15, 0.2) is 0 Å². The van der Waals surface area contributed by atoms with Crippen molar-refractivity contribution in [1.82, 2.24) is 24.3 Å². The molecule has 150 valence electrons. The van der Waals surface area contributed by atoms with Crippen molar-refractivity contribution in [3.63, 3.8) is 0 Å². The number of para-hydroxylation sites is 2. The third kappa shape index (κ3) is 3.41. The van der Waals surface area contributed by atoms with Crippen LogP contribution in [0.15, 0.2) is 41.5 Å². The van der Waals surface area contributed by atoms with Crippen molar-refractivity contribution in [3.05, 3.63) is 58.4 Å². The molecule has 0 fully saturated rings. The predicted octanol–water partition coefficient (Wildman–Crippen LogP) is 3.03. The number of benzene rings is 1. The summed E-state index contributed by atoms with van der Waals surface area (Å²) in [5.74, 6) is 0.515. The van der Waals surface area contributed by atoms with Gasteiger partial charge in [-0.05, 0) is 32.4 Å². The first-order chi connectivity index (χ1) is 14.0. The number of ether oxygens (including phenoxy) is 1. The first-order valence-electron chi connectivity index (χ1n) is 9.62. The highest BCUT2D eigenvalue weighted by Crippen LogP contribution is 2.23. The number of H-pyrrole nitrogens is 1. The number of esters is 1. The normalized spacial score (nSPS) is 11.6. The lowest BCUT2D eigenvalue weighted by Gasteiger charge is -2.14. The molecule has 2 aliphatic rings. The molecule has 3 heterocycles. The number of aryl methyl sites for hydroxylation is 2. The third-order valence-electron chi connectivity index (χ3n) is 5.02. The number of aromatic amines is 1. The second kappa shape index (κ2) is 7.54. The zero-order valence-electron chi connectivity index (χ0n) is 16.7. The highest BCUT2D eigenvalue weighted by molar-refractivity contribution is 5.95. The Kier molecular flexibility index (Phi) is 4.92. The number of fused-ring (bicyclic) bond motifs is 2. The summed E-state index contributed by atoms with van der Waals surface area (Å²) in [5.41, 5.74) is 2.79. The van der Waals surface area contributed by atoms with E-state index in [1.807, 2.05) is 22.8 Å². The quantitative estimate of drug-likeness (QED) is 0.508. The number of carbonyl (C=O) groups is 1. The Balaban J connectivity index is 1.60. The van der Waals surface area contributed by atoms with Gasteiger partial charge < -0.3 is 13.9 Å². The van der Waals surface area contributed by atoms with E-state index in [0.29, 0.717) is 23.8 Å². The Hall–Kier alpha value is -3.42. The van der Waals surface area contributed by atoms with Crippen molar-refractivity contribution in [3.8, 4) is 11.3 Å². The van der Waals surface area contributed by atoms with Crippen LogP contribution in [0.1, 0.15) is 42.5 Å². The van der Waals surface area contributed by atoms with Crippen LogP contribution >= 0.6 is 0 Å². The molecule has 0 spiro atoms. The Morgan fingerprint density at radius 3 is 2.79 bits per heavy atom. The second-order valence-corrected chi connectivity index (χ2v) is 7.30. The number of methoxy groups -OCH3 is 1. The minimum Gasteiger partial charge on any atom is -0.465 e. The molecule has 29 heavy (non-hydrogen) atoms. The number of nitrogens with zero attached hydrogens (tertiary/aromatic N) is 4. The summed E-state index contributed by atoms with van der Waals surface area (Å²) in [7, 11) is 1.31. The summed E-state index contributed by atoms with van der Waals surface area (Å²) in [6.45, 7) is 4.93. The maximum atomic E-state index is 12.1. The van der Waals surface area contributed by atoms with E-state index < -0.39 is 5.97 Å². The van der Waals surface area contributed by atoms with E-state index >= 15 is 0 Å². The number of nitrogens with one attached hydrogen (secondary N) is 1. The molecule has 2 aromatic rings. The Bertz CT molecular complexity index is 1200. The third-order valence-corrected chi connectivity index (χ3v) is 5.02. The van der Waals surface area contributed by atoms with E-state index in [0.717, 1.165) is 29.7 Å². The smallest absolute Gasteiger partial charge is 0.341 e. The molecule has 2 aliphatic heterocycles. The van der Waals surface area contributed by atoms with Gasteiger partial charge in [0.1, 0.15) is 17.1 Å². The molecule has 0 amide bonds. The Labute approximate surface area is 167 Å². The van der Waals surface area contributed by atoms with Crippen LogP contribution in [0.25, 0.3) is 22.3 Å². The highest BCUT2D eigenvalue weighted by atomic mass is 16.5. The molecule has 0 aliphatic carbocycles. The van der Waals surface area contributed by atoms with Crippen molar-refractivity contribution in [2.24, 2.45) is 0 Å². The number of aromatic nitrogens is 5. The molecular formula is C21H23N5O3. The van der Waals surface area contributed by atoms with Gasteiger partial charge in [0.2, 0.25) is 0 Å². The van der Waals surface area contributed by atoms with Gasteiger partial charge in [0.05, 0.1) is 23.7 Å². The Morgan fingerprint density at radius 2 is 2.03 bits per heavy atom. The molecule has 1 N–H and O–H groups in total. The number of hydrogen-bond acceptors (Lipinski definition) is 5. The summed E-state index contributed by atoms with van der Waals surface area (Å²) in [4.78, 5) is 28.9. The lowest BCUT2D eigenvalue weighted by Crippen LogP contribution is -2.13. The van der Waals surface area contributed by atoms with Crippen LogP contribution in [0, 0.1) is 0 Å². The molecule has 1 aromatic heterocycles. The lowest BCUT2D eigenvalue weighted by atomic mass is 10.1. The number of rotatable bonds is 6. The molecule has 0 saturated heterocycles. The fourth-order valence-electron chi connectivity index (χ4n) is 3.74. The van der Waals surface area contributed by atoms with Gasteiger partial charge in [-0.1, -0.05) is 12.1 Å². The molecule has 0 saturated carbocycles. The molecule has 0 radical (unpaired) electrons. The van der Waals surface area contributed by atoms with E-state index in [1.165, 1.54) is 7.11 Å². The first-order valence-corrected chi connectivity index (χ1v) is 9.62. The SMILES string of the molecule is COC(=O)c1cn(CCCc2nc3ccccc3n2C(C)C)cc2c(=O)[nH]nc1-2. The number of hydrogen-bond donors (Lipinski definition) is 1. The van der Waals surface area contributed by atoms with Gasteiger partial charge in [-0.15, -0.1) is 0 Å². The average Bonchev–Trinajstić information content (AvgIpc) is 3.27. The summed E-state index contributed by atoms with van der Waals surface area (Å²) >= 11 is 0. The molecule has 1 aromatic carbocycles. The van der Waals surface area contributed by atoms with E-state index in [2.05, 4.69) is 34.7 Å². The highest BCUT2D eigenvalue weighted by Gasteiger charge is 2.22. The van der Waals surface area contributed by atoms with Crippen LogP contribution in [0.4, 0.5) is 0 Å². The van der Waals surface area contributed by atoms with Crippen molar-refractivity contribution in [1.29, 1.82) is 0 Å². The number of imidazole rings is 1. The minimum absolute atomic E-state index is 0.276. The van der Waals surface area contributed by atoms with Crippen LogP contribution in [-0.4, -0.2) is 37.4 Å². The van der Waals surface area contributed by atoms with Crippen LogP contribution in [0.5, 0.6) is 0 Å². The van der Waals surface area contributed by atoms with Crippen molar-refractivity contribution in [2.45, 2.75) is 39.3 Å². The van der Waals surface area contributed by atoms with Gasteiger partial charge in [-0.3, -0.25) is 4.79 Å². The summed E-state index contributed by atoms with van der Waals surface area (Å²) < 4.78 is 8.94. The second-order valence-electron chi connectivity index (χ2n) is 7.30. The van der Waals surface area contributed by atoms with E-state index in [4.69, 9.17) is 9.72 Å². The fourth-order valence-corrected chi connectivity index (χ4v) is 3.74. The van der Waals surface area contributed by atoms with Gasteiger partial charge in [0.25, 0.3) is 5.56 Å². The van der Waals surface area contributed by atoms with Gasteiger partial charge >= 0.3 is 5.97 Å². The van der Waals surface area contributed by atoms with Crippen molar-refractivity contribution < 1.29 is 9.53 Å². The molecular weight excluding hydrogens is 370 g/mol. The molecule has 8 nitrogen and oxygen atoms in total. The van der Waals surface area contributed by atoms with Gasteiger partial charge in [-0.2, -0.15) is 5.10 Å². The van der Waals surface area contributed by atoms with Crippen molar-refractivity contribution >= 4 is 17.0 Å². The summed E-state index contributed by atoms with van der Waals surface area (Å²) in [6.07, 6.45) is 4.98.